The first-order valence-corrected chi connectivity index (χ1v) is 3.50. The van der Waals surface area contributed by atoms with Gasteiger partial charge in [-0.25, -0.2) is 4.79 Å². The molecule has 0 heterocycles. The molecule has 0 atom stereocenters. The van der Waals surface area contributed by atoms with Gasteiger partial charge in [-0.3, -0.25) is 0 Å². The van der Waals surface area contributed by atoms with Crippen LogP contribution in [0.2, 0.25) is 0 Å². The van der Waals surface area contributed by atoms with Gasteiger partial charge in [0.25, 0.3) is 0 Å². The maximum Gasteiger partial charge on any atom is 0.340 e. The Morgan fingerprint density at radius 1 is 1.54 bits per heavy atom. The third kappa shape index (κ3) is 1.81. The van der Waals surface area contributed by atoms with Crippen molar-refractivity contribution in [2.24, 2.45) is 5.18 Å². The lowest BCUT2D eigenvalue weighted by Crippen LogP contribution is -2.04. The maximum absolute atomic E-state index is 11.1. The van der Waals surface area contributed by atoms with Crippen LogP contribution < -0.4 is 5.73 Å². The number of esters is 1. The van der Waals surface area contributed by atoms with Crippen LogP contribution in [0, 0.1) is 4.91 Å². The molecule has 13 heavy (non-hydrogen) atoms. The van der Waals surface area contributed by atoms with E-state index in [0.29, 0.717) is 0 Å². The predicted octanol–water partition coefficient (Wildman–Crippen LogP) is 1.45. The van der Waals surface area contributed by atoms with Gasteiger partial charge in [-0.05, 0) is 23.4 Å². The molecule has 1 aromatic rings. The van der Waals surface area contributed by atoms with Crippen LogP contribution in [-0.2, 0) is 4.74 Å². The van der Waals surface area contributed by atoms with Crippen molar-refractivity contribution in [3.8, 4) is 0 Å². The number of rotatable bonds is 2. The molecule has 0 aliphatic rings. The highest BCUT2D eigenvalue weighted by Gasteiger charge is 2.10. The molecule has 1 aromatic carbocycles. The van der Waals surface area contributed by atoms with Crippen molar-refractivity contribution in [2.75, 3.05) is 12.8 Å². The van der Waals surface area contributed by atoms with Gasteiger partial charge in [-0.15, -0.1) is 4.91 Å². The van der Waals surface area contributed by atoms with Crippen LogP contribution in [0.1, 0.15) is 10.4 Å². The number of nitroso groups, excluding NO2 is 1. The van der Waals surface area contributed by atoms with E-state index in [0.717, 1.165) is 0 Å². The number of nitrogen functional groups attached to an aromatic ring is 1. The molecular weight excluding hydrogens is 172 g/mol. The average molecular weight is 180 g/mol. The van der Waals surface area contributed by atoms with Gasteiger partial charge in [0.1, 0.15) is 5.69 Å². The van der Waals surface area contributed by atoms with Crippen molar-refractivity contribution in [1.82, 2.24) is 0 Å². The molecular formula is C8H8N2O3. The quantitative estimate of drug-likeness (QED) is 0.424. The highest BCUT2D eigenvalue weighted by atomic mass is 16.5. The number of hydrogen-bond acceptors (Lipinski definition) is 5. The van der Waals surface area contributed by atoms with Gasteiger partial charge in [0, 0.05) is 5.69 Å². The van der Waals surface area contributed by atoms with E-state index in [9.17, 15) is 9.70 Å². The number of carbonyl (C=O) groups is 1. The highest BCUT2D eigenvalue weighted by molar-refractivity contribution is 5.95. The molecule has 0 spiro atoms. The number of ether oxygens (including phenoxy) is 1. The third-order valence-electron chi connectivity index (χ3n) is 1.55. The second kappa shape index (κ2) is 3.66. The SMILES string of the molecule is COC(=O)c1cc(N=O)ccc1N. The summed E-state index contributed by atoms with van der Waals surface area (Å²) in [6.45, 7) is 0. The van der Waals surface area contributed by atoms with E-state index < -0.39 is 5.97 Å². The lowest BCUT2D eigenvalue weighted by Gasteiger charge is -2.02. The van der Waals surface area contributed by atoms with Crippen LogP contribution in [0.3, 0.4) is 0 Å². The zero-order valence-electron chi connectivity index (χ0n) is 6.98. The Morgan fingerprint density at radius 2 is 2.23 bits per heavy atom. The third-order valence-corrected chi connectivity index (χ3v) is 1.55. The average Bonchev–Trinajstić information content (AvgIpc) is 2.17. The van der Waals surface area contributed by atoms with Gasteiger partial charge in [-0.2, -0.15) is 0 Å². The summed E-state index contributed by atoms with van der Waals surface area (Å²) in [7, 11) is 1.24. The molecule has 0 aromatic heterocycles. The molecule has 5 nitrogen and oxygen atoms in total. The van der Waals surface area contributed by atoms with Crippen LogP contribution >= 0.6 is 0 Å². The minimum Gasteiger partial charge on any atom is -0.465 e. The van der Waals surface area contributed by atoms with Crippen LogP contribution in [0.5, 0.6) is 0 Å². The Balaban J connectivity index is 3.18. The van der Waals surface area contributed by atoms with Crippen LogP contribution in [0.25, 0.3) is 0 Å². The monoisotopic (exact) mass is 180 g/mol. The number of carbonyl (C=O) groups excluding carboxylic acids is 1. The summed E-state index contributed by atoms with van der Waals surface area (Å²) in [6, 6.07) is 4.14. The molecule has 0 amide bonds. The standard InChI is InChI=1S/C8H8N2O3/c1-13-8(11)6-4-5(10-12)2-3-7(6)9/h2-4H,9H2,1H3. The van der Waals surface area contributed by atoms with Crippen molar-refractivity contribution in [3.05, 3.63) is 28.7 Å². The van der Waals surface area contributed by atoms with Gasteiger partial charge in [0.2, 0.25) is 0 Å². The van der Waals surface area contributed by atoms with Crippen molar-refractivity contribution in [3.63, 3.8) is 0 Å². The van der Waals surface area contributed by atoms with E-state index in [1.165, 1.54) is 25.3 Å². The van der Waals surface area contributed by atoms with Crippen molar-refractivity contribution in [2.45, 2.75) is 0 Å². The first-order chi connectivity index (χ1) is 6.19. The molecule has 68 valence electrons. The zero-order valence-corrected chi connectivity index (χ0v) is 6.98. The Morgan fingerprint density at radius 3 is 2.77 bits per heavy atom. The van der Waals surface area contributed by atoms with Crippen LogP contribution in [0.4, 0.5) is 11.4 Å². The highest BCUT2D eigenvalue weighted by Crippen LogP contribution is 2.20. The zero-order chi connectivity index (χ0) is 9.84. The Hall–Kier alpha value is -1.91. The summed E-state index contributed by atoms with van der Waals surface area (Å²) in [5.41, 5.74) is 6.04. The van der Waals surface area contributed by atoms with Crippen LogP contribution in [-0.4, -0.2) is 13.1 Å². The van der Waals surface area contributed by atoms with Gasteiger partial charge >= 0.3 is 5.97 Å². The largest absolute Gasteiger partial charge is 0.465 e. The van der Waals surface area contributed by atoms with E-state index >= 15 is 0 Å². The van der Waals surface area contributed by atoms with Gasteiger partial charge in [0.05, 0.1) is 12.7 Å². The molecule has 0 aliphatic heterocycles. The Bertz CT molecular complexity index is 349. The van der Waals surface area contributed by atoms with E-state index in [1.54, 1.807) is 0 Å². The molecule has 2 N–H and O–H groups in total. The molecule has 0 unspecified atom stereocenters. The van der Waals surface area contributed by atoms with Crippen molar-refractivity contribution in [1.29, 1.82) is 0 Å². The lowest BCUT2D eigenvalue weighted by atomic mass is 10.1. The summed E-state index contributed by atoms with van der Waals surface area (Å²) in [5, 5.41) is 2.68. The number of anilines is 1. The summed E-state index contributed by atoms with van der Waals surface area (Å²) < 4.78 is 4.45. The van der Waals surface area contributed by atoms with E-state index in [1.807, 2.05) is 0 Å². The normalized spacial score (nSPS) is 9.31. The minimum absolute atomic E-state index is 0.148. The molecule has 0 bridgehead atoms. The fourth-order valence-corrected chi connectivity index (χ4v) is 0.888. The van der Waals surface area contributed by atoms with Crippen molar-refractivity contribution < 1.29 is 9.53 Å². The number of nitrogens with two attached hydrogens (primary N) is 1. The first-order valence-electron chi connectivity index (χ1n) is 3.50. The number of nitrogens with zero attached hydrogens (tertiary/aromatic N) is 1. The van der Waals surface area contributed by atoms with Gasteiger partial charge in [-0.1, -0.05) is 0 Å². The fraction of sp³-hybridized carbons (Fsp3) is 0.125. The molecule has 1 rings (SSSR count). The Kier molecular flexibility index (Phi) is 2.59. The number of methoxy groups -OCH3 is 1. The number of benzene rings is 1. The maximum atomic E-state index is 11.1. The second-order valence-electron chi connectivity index (χ2n) is 2.35. The summed E-state index contributed by atoms with van der Waals surface area (Å²) in [4.78, 5) is 21.2. The Labute approximate surface area is 74.5 Å². The van der Waals surface area contributed by atoms with Crippen LogP contribution in [0.15, 0.2) is 23.4 Å². The topological polar surface area (TPSA) is 81.8 Å². The van der Waals surface area contributed by atoms with E-state index in [4.69, 9.17) is 5.73 Å². The smallest absolute Gasteiger partial charge is 0.340 e. The fourth-order valence-electron chi connectivity index (χ4n) is 0.888. The van der Waals surface area contributed by atoms with Gasteiger partial charge in [0.15, 0.2) is 0 Å². The predicted molar refractivity (Wildman–Crippen MR) is 47.6 cm³/mol. The first kappa shape index (κ1) is 9.18. The molecule has 5 heteroatoms. The molecule has 0 fully saturated rings. The molecule has 0 saturated heterocycles. The van der Waals surface area contributed by atoms with Gasteiger partial charge < -0.3 is 10.5 Å². The second-order valence-corrected chi connectivity index (χ2v) is 2.35. The summed E-state index contributed by atoms with van der Waals surface area (Å²) >= 11 is 0. The molecule has 0 radical (unpaired) electrons. The summed E-state index contributed by atoms with van der Waals surface area (Å²) in [5.74, 6) is -0.581. The minimum atomic E-state index is -0.581. The molecule has 0 aliphatic carbocycles. The van der Waals surface area contributed by atoms with E-state index in [-0.39, 0.29) is 16.9 Å². The molecule has 0 saturated carbocycles. The lowest BCUT2D eigenvalue weighted by molar-refractivity contribution is 0.0602. The number of hydrogen-bond donors (Lipinski definition) is 1. The summed E-state index contributed by atoms with van der Waals surface area (Å²) in [6.07, 6.45) is 0. The van der Waals surface area contributed by atoms with E-state index in [2.05, 4.69) is 9.91 Å². The van der Waals surface area contributed by atoms with Crippen molar-refractivity contribution >= 4 is 17.3 Å².